The molecule has 1 saturated heterocycles. The molecule has 3 heterocycles. The van der Waals surface area contributed by atoms with Crippen molar-refractivity contribution in [2.75, 3.05) is 39.4 Å². The van der Waals surface area contributed by atoms with Crippen molar-refractivity contribution >= 4 is 39.7 Å². The average Bonchev–Trinajstić information content (AvgIpc) is 3.14. The molecule has 1 aliphatic heterocycles. The highest BCUT2D eigenvalue weighted by molar-refractivity contribution is 7.15. The van der Waals surface area contributed by atoms with Crippen LogP contribution in [0.2, 0.25) is 5.02 Å². The van der Waals surface area contributed by atoms with Crippen molar-refractivity contribution in [3.8, 4) is 10.6 Å². The Morgan fingerprint density at radius 2 is 2.07 bits per heavy atom. The summed E-state index contributed by atoms with van der Waals surface area (Å²) in [4.78, 5) is 22.3. The van der Waals surface area contributed by atoms with Crippen LogP contribution in [0.3, 0.4) is 0 Å². The van der Waals surface area contributed by atoms with E-state index in [9.17, 15) is 4.79 Å². The predicted molar refractivity (Wildman–Crippen MR) is 114 cm³/mol. The first-order valence-corrected chi connectivity index (χ1v) is 10.5. The van der Waals surface area contributed by atoms with Crippen molar-refractivity contribution in [1.29, 1.82) is 0 Å². The Bertz CT molecular complexity index is 998. The van der Waals surface area contributed by atoms with Crippen LogP contribution in [0, 0.1) is 6.92 Å². The van der Waals surface area contributed by atoms with Crippen molar-refractivity contribution in [1.82, 2.24) is 15.2 Å². The van der Waals surface area contributed by atoms with E-state index in [0.717, 1.165) is 54.3 Å². The third kappa shape index (κ3) is 4.36. The zero-order chi connectivity index (χ0) is 19.5. The van der Waals surface area contributed by atoms with Crippen LogP contribution in [-0.4, -0.2) is 55.2 Å². The fraction of sp³-hybridized carbons (Fsp3) is 0.333. The standard InChI is InChI=1S/C21H22ClN3O2S/c1-14-2-5-20(28-14)19-13-17(16-12-15(22)3-4-18(16)24-19)21(26)23-6-7-25-8-10-27-11-9-25/h2-5,12-13H,6-11H2,1H3,(H,23,26). The number of thiophene rings is 1. The summed E-state index contributed by atoms with van der Waals surface area (Å²) in [6.07, 6.45) is 0. The summed E-state index contributed by atoms with van der Waals surface area (Å²) in [6, 6.07) is 11.5. The summed E-state index contributed by atoms with van der Waals surface area (Å²) in [7, 11) is 0. The molecule has 1 fully saturated rings. The van der Waals surface area contributed by atoms with Gasteiger partial charge in [-0.05, 0) is 43.3 Å². The molecule has 0 radical (unpaired) electrons. The Hall–Kier alpha value is -1.99. The number of fused-ring (bicyclic) bond motifs is 1. The molecule has 1 amide bonds. The molecule has 0 aliphatic carbocycles. The van der Waals surface area contributed by atoms with Crippen LogP contribution in [0.15, 0.2) is 36.4 Å². The van der Waals surface area contributed by atoms with E-state index in [-0.39, 0.29) is 5.91 Å². The molecule has 0 bridgehead atoms. The van der Waals surface area contributed by atoms with Crippen LogP contribution < -0.4 is 5.32 Å². The molecule has 3 aromatic rings. The van der Waals surface area contributed by atoms with Gasteiger partial charge in [0.1, 0.15) is 0 Å². The Balaban J connectivity index is 1.60. The highest BCUT2D eigenvalue weighted by atomic mass is 35.5. The number of morpholine rings is 1. The monoisotopic (exact) mass is 415 g/mol. The number of nitrogens with one attached hydrogen (secondary N) is 1. The van der Waals surface area contributed by atoms with Crippen LogP contribution in [0.25, 0.3) is 21.5 Å². The summed E-state index contributed by atoms with van der Waals surface area (Å²) >= 11 is 7.86. The normalized spacial score (nSPS) is 15.1. The molecule has 5 nitrogen and oxygen atoms in total. The quantitative estimate of drug-likeness (QED) is 0.684. The van der Waals surface area contributed by atoms with Crippen LogP contribution in [0.4, 0.5) is 0 Å². The first-order valence-electron chi connectivity index (χ1n) is 9.35. The van der Waals surface area contributed by atoms with Gasteiger partial charge in [-0.2, -0.15) is 0 Å². The van der Waals surface area contributed by atoms with E-state index in [1.807, 2.05) is 24.3 Å². The van der Waals surface area contributed by atoms with E-state index in [1.54, 1.807) is 17.4 Å². The number of nitrogens with zero attached hydrogens (tertiary/aromatic N) is 2. The van der Waals surface area contributed by atoms with E-state index < -0.39 is 0 Å². The number of carbonyl (C=O) groups is 1. The van der Waals surface area contributed by atoms with Gasteiger partial charge in [-0.1, -0.05) is 11.6 Å². The lowest BCUT2D eigenvalue weighted by Gasteiger charge is -2.26. The minimum atomic E-state index is -0.0996. The van der Waals surface area contributed by atoms with Gasteiger partial charge >= 0.3 is 0 Å². The van der Waals surface area contributed by atoms with E-state index in [2.05, 4.69) is 23.2 Å². The second kappa shape index (κ2) is 8.57. The smallest absolute Gasteiger partial charge is 0.252 e. The molecule has 1 N–H and O–H groups in total. The number of ether oxygens (including phenoxy) is 1. The van der Waals surface area contributed by atoms with E-state index in [4.69, 9.17) is 21.3 Å². The summed E-state index contributed by atoms with van der Waals surface area (Å²) in [5.41, 5.74) is 2.19. The van der Waals surface area contributed by atoms with Crippen molar-refractivity contribution in [2.45, 2.75) is 6.92 Å². The van der Waals surface area contributed by atoms with Gasteiger partial charge in [-0.3, -0.25) is 9.69 Å². The molecule has 4 rings (SSSR count). The Morgan fingerprint density at radius 3 is 2.82 bits per heavy atom. The number of benzene rings is 1. The summed E-state index contributed by atoms with van der Waals surface area (Å²) in [5, 5.41) is 4.42. The molecule has 0 saturated carbocycles. The topological polar surface area (TPSA) is 54.5 Å². The van der Waals surface area contributed by atoms with Crippen molar-refractivity contribution in [3.05, 3.63) is 51.9 Å². The number of pyridine rings is 1. The maximum absolute atomic E-state index is 13.0. The van der Waals surface area contributed by atoms with E-state index in [0.29, 0.717) is 17.1 Å². The summed E-state index contributed by atoms with van der Waals surface area (Å²) in [5.74, 6) is -0.0996. The average molecular weight is 416 g/mol. The number of aryl methyl sites for hydroxylation is 1. The van der Waals surface area contributed by atoms with Gasteiger partial charge in [0.05, 0.1) is 34.9 Å². The van der Waals surface area contributed by atoms with Gasteiger partial charge < -0.3 is 10.1 Å². The first-order chi connectivity index (χ1) is 13.6. The second-order valence-corrected chi connectivity index (χ2v) is 8.56. The van der Waals surface area contributed by atoms with E-state index in [1.165, 1.54) is 4.88 Å². The minimum absolute atomic E-state index is 0.0996. The third-order valence-corrected chi connectivity index (χ3v) is 6.08. The van der Waals surface area contributed by atoms with Crippen LogP contribution in [0.5, 0.6) is 0 Å². The molecular weight excluding hydrogens is 394 g/mol. The molecule has 0 atom stereocenters. The van der Waals surface area contributed by atoms with Crippen LogP contribution in [0.1, 0.15) is 15.2 Å². The molecule has 7 heteroatoms. The van der Waals surface area contributed by atoms with Crippen molar-refractivity contribution in [3.63, 3.8) is 0 Å². The summed E-state index contributed by atoms with van der Waals surface area (Å²) < 4.78 is 5.37. The fourth-order valence-electron chi connectivity index (χ4n) is 3.33. The van der Waals surface area contributed by atoms with Gasteiger partial charge in [0.25, 0.3) is 5.91 Å². The molecule has 28 heavy (non-hydrogen) atoms. The zero-order valence-corrected chi connectivity index (χ0v) is 17.3. The van der Waals surface area contributed by atoms with Crippen LogP contribution in [-0.2, 0) is 4.74 Å². The maximum atomic E-state index is 13.0. The lowest BCUT2D eigenvalue weighted by Crippen LogP contribution is -2.41. The number of aromatic nitrogens is 1. The van der Waals surface area contributed by atoms with Gasteiger partial charge in [0.15, 0.2) is 0 Å². The number of hydrogen-bond donors (Lipinski definition) is 1. The molecule has 1 aromatic carbocycles. The number of carbonyl (C=O) groups excluding carboxylic acids is 1. The highest BCUT2D eigenvalue weighted by Crippen LogP contribution is 2.30. The van der Waals surface area contributed by atoms with Gasteiger partial charge in [0, 0.05) is 41.5 Å². The van der Waals surface area contributed by atoms with Crippen molar-refractivity contribution in [2.24, 2.45) is 0 Å². The van der Waals surface area contributed by atoms with Gasteiger partial charge in [-0.25, -0.2) is 4.98 Å². The maximum Gasteiger partial charge on any atom is 0.252 e. The summed E-state index contributed by atoms with van der Waals surface area (Å²) in [6.45, 7) is 6.80. The Morgan fingerprint density at radius 1 is 1.25 bits per heavy atom. The van der Waals surface area contributed by atoms with Gasteiger partial charge in [0.2, 0.25) is 0 Å². The fourth-order valence-corrected chi connectivity index (χ4v) is 4.33. The molecule has 0 unspecified atom stereocenters. The number of halogens is 1. The highest BCUT2D eigenvalue weighted by Gasteiger charge is 2.16. The SMILES string of the molecule is Cc1ccc(-c2cc(C(=O)NCCN3CCOCC3)c3cc(Cl)ccc3n2)s1. The molecule has 146 valence electrons. The molecule has 2 aromatic heterocycles. The number of hydrogen-bond acceptors (Lipinski definition) is 5. The lowest BCUT2D eigenvalue weighted by atomic mass is 10.1. The number of amides is 1. The van der Waals surface area contributed by atoms with Crippen LogP contribution >= 0.6 is 22.9 Å². The van der Waals surface area contributed by atoms with Crippen molar-refractivity contribution < 1.29 is 9.53 Å². The number of rotatable bonds is 5. The Kier molecular flexibility index (Phi) is 5.92. The third-order valence-electron chi connectivity index (χ3n) is 4.83. The minimum Gasteiger partial charge on any atom is -0.379 e. The molecular formula is C21H22ClN3O2S. The predicted octanol–water partition coefficient (Wildman–Crippen LogP) is 3.99. The molecule has 0 spiro atoms. The molecule has 1 aliphatic rings. The Labute approximate surface area is 173 Å². The first kappa shape index (κ1) is 19.3. The van der Waals surface area contributed by atoms with Gasteiger partial charge in [-0.15, -0.1) is 11.3 Å². The second-order valence-electron chi connectivity index (χ2n) is 6.84. The zero-order valence-electron chi connectivity index (χ0n) is 15.7. The largest absolute Gasteiger partial charge is 0.379 e. The lowest BCUT2D eigenvalue weighted by molar-refractivity contribution is 0.0383. The van der Waals surface area contributed by atoms with E-state index >= 15 is 0 Å².